The minimum Gasteiger partial charge on any atom is -0.490 e. The van der Waals surface area contributed by atoms with Crippen molar-refractivity contribution in [3.05, 3.63) is 53.0 Å². The predicted molar refractivity (Wildman–Crippen MR) is 140 cm³/mol. The van der Waals surface area contributed by atoms with E-state index in [4.69, 9.17) is 19.9 Å². The third kappa shape index (κ3) is 4.67. The van der Waals surface area contributed by atoms with Crippen LogP contribution in [-0.4, -0.2) is 101 Å². The van der Waals surface area contributed by atoms with E-state index < -0.39 is 0 Å². The second-order valence-corrected chi connectivity index (χ2v) is 9.26. The Kier molecular flexibility index (Phi) is 6.90. The van der Waals surface area contributed by atoms with Crippen molar-refractivity contribution < 1.29 is 14.6 Å². The lowest BCUT2D eigenvalue weighted by Gasteiger charge is -2.32. The van der Waals surface area contributed by atoms with E-state index >= 15 is 0 Å². The van der Waals surface area contributed by atoms with Crippen LogP contribution >= 0.6 is 0 Å². The Morgan fingerprint density at radius 1 is 1.14 bits per heavy atom. The maximum atomic E-state index is 9.26. The largest absolute Gasteiger partial charge is 0.490 e. The van der Waals surface area contributed by atoms with Crippen LogP contribution in [0.3, 0.4) is 0 Å². The van der Waals surface area contributed by atoms with E-state index in [-0.39, 0.29) is 13.2 Å². The number of aromatic amines is 1. The predicted octanol–water partition coefficient (Wildman–Crippen LogP) is 2.41. The number of aromatic nitrogens is 3. The van der Waals surface area contributed by atoms with Gasteiger partial charge in [0.25, 0.3) is 5.88 Å². The van der Waals surface area contributed by atoms with Crippen molar-refractivity contribution in [1.29, 1.82) is 5.41 Å². The second-order valence-electron chi connectivity index (χ2n) is 9.26. The average Bonchev–Trinajstić information content (AvgIpc) is 3.38. The number of allylic oxidation sites excluding steroid dienone is 1. The summed E-state index contributed by atoms with van der Waals surface area (Å²) in [6, 6.07) is 5.68. The first kappa shape index (κ1) is 24.2. The number of nitrogens with zero attached hydrogens (tertiary/aromatic N) is 5. The fourth-order valence-corrected chi connectivity index (χ4v) is 4.60. The standard InChI is InChI=1S/C26H33N7O3/c1-17-18(2)28-25-21(35-14-12-32-10-8-31(3)9-11-32)16-19(23(27)22(17)25)29-24-20-6-4-5-7-33(20)30-26(24)36-15-13-34/h4-7,16,27-28,34H,8-15H2,1-3H3/b27-23?,29-19-. The van der Waals surface area contributed by atoms with Gasteiger partial charge in [-0.1, -0.05) is 6.07 Å². The zero-order chi connectivity index (χ0) is 25.2. The number of nitrogens with one attached hydrogen (secondary N) is 2. The van der Waals surface area contributed by atoms with Gasteiger partial charge < -0.3 is 24.5 Å². The summed E-state index contributed by atoms with van der Waals surface area (Å²) >= 11 is 0. The second kappa shape index (κ2) is 10.3. The van der Waals surface area contributed by atoms with Crippen molar-refractivity contribution in [3.8, 4) is 5.88 Å². The van der Waals surface area contributed by atoms with Gasteiger partial charge in [0.1, 0.15) is 19.0 Å². The molecule has 0 spiro atoms. The summed E-state index contributed by atoms with van der Waals surface area (Å²) in [5, 5.41) is 22.7. The molecule has 0 unspecified atom stereocenters. The average molecular weight is 492 g/mol. The summed E-state index contributed by atoms with van der Waals surface area (Å²) in [6.07, 6.45) is 3.64. The van der Waals surface area contributed by atoms with Gasteiger partial charge in [-0.15, -0.1) is 5.10 Å². The molecule has 1 aliphatic heterocycles. The molecule has 3 aromatic heterocycles. The maximum absolute atomic E-state index is 9.26. The van der Waals surface area contributed by atoms with E-state index in [9.17, 15) is 5.11 Å². The Balaban J connectivity index is 1.48. The van der Waals surface area contributed by atoms with E-state index in [1.807, 2.05) is 44.3 Å². The first-order valence-electron chi connectivity index (χ1n) is 12.3. The Bertz CT molecular complexity index is 1330. The molecule has 3 N–H and O–H groups in total. The molecule has 0 aromatic carbocycles. The molecule has 36 heavy (non-hydrogen) atoms. The molecule has 1 fully saturated rings. The Morgan fingerprint density at radius 3 is 2.72 bits per heavy atom. The zero-order valence-electron chi connectivity index (χ0n) is 21.0. The molecule has 1 aliphatic carbocycles. The summed E-state index contributed by atoms with van der Waals surface area (Å²) in [7, 11) is 2.15. The molecule has 1 saturated heterocycles. The normalized spacial score (nSPS) is 18.1. The number of rotatable bonds is 8. The van der Waals surface area contributed by atoms with Crippen molar-refractivity contribution in [3.63, 3.8) is 0 Å². The number of H-pyrrole nitrogens is 1. The van der Waals surface area contributed by atoms with E-state index in [1.165, 1.54) is 0 Å². The number of aliphatic imine (C=N–C) groups is 1. The minimum absolute atomic E-state index is 0.107. The van der Waals surface area contributed by atoms with Gasteiger partial charge in [0.15, 0.2) is 5.69 Å². The van der Waals surface area contributed by atoms with Crippen LogP contribution in [-0.2, 0) is 4.74 Å². The van der Waals surface area contributed by atoms with Crippen LogP contribution in [0, 0.1) is 19.3 Å². The van der Waals surface area contributed by atoms with E-state index in [2.05, 4.69) is 26.9 Å². The highest BCUT2D eigenvalue weighted by molar-refractivity contribution is 6.54. The smallest absolute Gasteiger partial charge is 0.260 e. The van der Waals surface area contributed by atoms with Gasteiger partial charge in [0.2, 0.25) is 0 Å². The minimum atomic E-state index is -0.129. The van der Waals surface area contributed by atoms with Crippen LogP contribution in [0.15, 0.2) is 35.5 Å². The molecule has 0 amide bonds. The Labute approximate surface area is 210 Å². The lowest BCUT2D eigenvalue weighted by Crippen LogP contribution is -2.45. The molecule has 190 valence electrons. The van der Waals surface area contributed by atoms with Crippen molar-refractivity contribution in [2.45, 2.75) is 13.8 Å². The molecule has 0 saturated carbocycles. The molecule has 0 radical (unpaired) electrons. The van der Waals surface area contributed by atoms with E-state index in [0.717, 1.165) is 60.8 Å². The maximum Gasteiger partial charge on any atom is 0.260 e. The number of piperazine rings is 1. The summed E-state index contributed by atoms with van der Waals surface area (Å²) in [6.45, 7) is 9.59. The van der Waals surface area contributed by atoms with Crippen LogP contribution < -0.4 is 4.74 Å². The van der Waals surface area contributed by atoms with Gasteiger partial charge >= 0.3 is 0 Å². The molecule has 5 rings (SSSR count). The third-order valence-corrected chi connectivity index (χ3v) is 6.83. The zero-order valence-corrected chi connectivity index (χ0v) is 21.0. The Hall–Kier alpha value is -3.47. The summed E-state index contributed by atoms with van der Waals surface area (Å²) in [5.74, 6) is 0.994. The number of hydrogen-bond acceptors (Lipinski definition) is 8. The topological polar surface area (TPSA) is 114 Å². The van der Waals surface area contributed by atoms with Gasteiger partial charge in [-0.25, -0.2) is 9.51 Å². The van der Waals surface area contributed by atoms with Crippen molar-refractivity contribution in [1.82, 2.24) is 24.4 Å². The van der Waals surface area contributed by atoms with Crippen molar-refractivity contribution in [2.75, 3.05) is 59.6 Å². The van der Waals surface area contributed by atoms with Crippen molar-refractivity contribution in [2.24, 2.45) is 4.99 Å². The molecular weight excluding hydrogens is 458 g/mol. The summed E-state index contributed by atoms with van der Waals surface area (Å²) < 4.78 is 13.7. The molecule has 3 aromatic rings. The Morgan fingerprint density at radius 2 is 1.94 bits per heavy atom. The highest BCUT2D eigenvalue weighted by atomic mass is 16.5. The fourth-order valence-electron chi connectivity index (χ4n) is 4.60. The molecule has 0 atom stereocenters. The molecule has 2 aliphatic rings. The number of hydrogen-bond donors (Lipinski definition) is 3. The quantitative estimate of drug-likeness (QED) is 0.446. The molecule has 10 heteroatoms. The first-order valence-corrected chi connectivity index (χ1v) is 12.3. The van der Waals surface area contributed by atoms with Gasteiger partial charge in [0, 0.05) is 56.3 Å². The highest BCUT2D eigenvalue weighted by Gasteiger charge is 2.28. The number of ether oxygens (including phenoxy) is 2. The third-order valence-electron chi connectivity index (χ3n) is 6.83. The number of aryl methyl sites for hydroxylation is 1. The van der Waals surface area contributed by atoms with Crippen LogP contribution in [0.25, 0.3) is 11.3 Å². The van der Waals surface area contributed by atoms with E-state index in [1.54, 1.807) is 4.52 Å². The number of pyridine rings is 1. The molecular formula is C26H33N7O3. The number of likely N-dealkylation sites (N-methyl/N-ethyl adjacent to an activating group) is 1. The monoisotopic (exact) mass is 491 g/mol. The number of fused-ring (bicyclic) bond motifs is 2. The van der Waals surface area contributed by atoms with Gasteiger partial charge in [-0.2, -0.15) is 0 Å². The van der Waals surface area contributed by atoms with E-state index in [0.29, 0.717) is 35.4 Å². The van der Waals surface area contributed by atoms with Gasteiger partial charge in [-0.3, -0.25) is 10.3 Å². The molecule has 4 heterocycles. The first-order chi connectivity index (χ1) is 17.5. The lowest BCUT2D eigenvalue weighted by molar-refractivity contribution is 0.127. The summed E-state index contributed by atoms with van der Waals surface area (Å²) in [5.41, 5.74) is 5.71. The lowest BCUT2D eigenvalue weighted by atomic mass is 9.95. The number of aliphatic hydroxyl groups excluding tert-OH is 1. The fraction of sp³-hybridized carbons (Fsp3) is 0.423. The van der Waals surface area contributed by atoms with Crippen LogP contribution in [0.5, 0.6) is 5.88 Å². The van der Waals surface area contributed by atoms with Crippen LogP contribution in [0.4, 0.5) is 5.69 Å². The van der Waals surface area contributed by atoms with Crippen LogP contribution in [0.2, 0.25) is 0 Å². The number of aliphatic hydroxyl groups is 1. The van der Waals surface area contributed by atoms with Gasteiger partial charge in [0.05, 0.1) is 29.2 Å². The van der Waals surface area contributed by atoms with Crippen molar-refractivity contribution >= 4 is 28.4 Å². The van der Waals surface area contributed by atoms with Gasteiger partial charge in [-0.05, 0) is 38.6 Å². The van der Waals surface area contributed by atoms with Crippen LogP contribution in [0.1, 0.15) is 22.5 Å². The molecule has 0 bridgehead atoms. The summed E-state index contributed by atoms with van der Waals surface area (Å²) in [4.78, 5) is 13.0. The SMILES string of the molecule is Cc1[nH]c2c(c1C)C(=N)/C(=N\c1c(OCCO)nn3ccccc13)C=C2OCCN1CCN(C)CC1. The molecule has 10 nitrogen and oxygen atoms in total. The highest BCUT2D eigenvalue weighted by Crippen LogP contribution is 2.35.